The normalized spacial score (nSPS) is 22.4. The van der Waals surface area contributed by atoms with Crippen molar-refractivity contribution in [1.29, 1.82) is 0 Å². The first kappa shape index (κ1) is 17.4. The smallest absolute Gasteiger partial charge is 0.271 e. The number of piperidine rings is 1. The summed E-state index contributed by atoms with van der Waals surface area (Å²) in [6, 6.07) is 2.03. The number of nitrogens with one attached hydrogen (secondary N) is 2. The van der Waals surface area contributed by atoms with Gasteiger partial charge in [0.2, 0.25) is 0 Å². The number of aliphatic hydroxyl groups is 1. The molecule has 1 saturated heterocycles. The minimum absolute atomic E-state index is 0.0877. The number of rotatable bonds is 5. The lowest BCUT2D eigenvalue weighted by molar-refractivity contribution is -0.0312. The molecule has 2 fully saturated rings. The van der Waals surface area contributed by atoms with Gasteiger partial charge in [-0.1, -0.05) is 26.2 Å². The van der Waals surface area contributed by atoms with E-state index in [-0.39, 0.29) is 11.9 Å². The van der Waals surface area contributed by atoms with Crippen LogP contribution < -0.4 is 5.32 Å². The molecule has 6 heteroatoms. The minimum Gasteiger partial charge on any atom is -0.389 e. The number of hydrogen-bond donors (Lipinski definition) is 3. The molecule has 0 atom stereocenters. The first-order valence-corrected chi connectivity index (χ1v) is 9.38. The van der Waals surface area contributed by atoms with Crippen molar-refractivity contribution in [2.45, 2.75) is 69.9 Å². The molecular weight excluding hydrogens is 304 g/mol. The van der Waals surface area contributed by atoms with Gasteiger partial charge in [-0.15, -0.1) is 0 Å². The Morgan fingerprint density at radius 3 is 2.71 bits per heavy atom. The number of aromatic amines is 1. The Kier molecular flexibility index (Phi) is 5.56. The Morgan fingerprint density at radius 1 is 1.38 bits per heavy atom. The predicted octanol–water partition coefficient (Wildman–Crippen LogP) is 1.86. The third kappa shape index (κ3) is 4.36. The van der Waals surface area contributed by atoms with E-state index in [1.54, 1.807) is 0 Å². The maximum atomic E-state index is 12.2. The Labute approximate surface area is 144 Å². The monoisotopic (exact) mass is 334 g/mol. The predicted molar refractivity (Wildman–Crippen MR) is 92.9 cm³/mol. The highest BCUT2D eigenvalue weighted by Gasteiger charge is 2.33. The Morgan fingerprint density at radius 2 is 2.08 bits per heavy atom. The quantitative estimate of drug-likeness (QED) is 0.768. The van der Waals surface area contributed by atoms with Crippen molar-refractivity contribution >= 4 is 5.91 Å². The van der Waals surface area contributed by atoms with Crippen molar-refractivity contribution < 1.29 is 9.90 Å². The second kappa shape index (κ2) is 7.66. The van der Waals surface area contributed by atoms with E-state index in [4.69, 9.17) is 0 Å². The fourth-order valence-corrected chi connectivity index (χ4v) is 3.94. The van der Waals surface area contributed by atoms with Crippen LogP contribution in [-0.2, 0) is 6.42 Å². The Hall–Kier alpha value is -1.40. The number of carbonyl (C=O) groups excluding carboxylic acids is 1. The topological polar surface area (TPSA) is 81.2 Å². The fraction of sp³-hybridized carbons (Fsp3) is 0.778. The zero-order valence-electron chi connectivity index (χ0n) is 14.7. The van der Waals surface area contributed by atoms with Gasteiger partial charge in [-0.25, -0.2) is 0 Å². The van der Waals surface area contributed by atoms with Gasteiger partial charge in [0.1, 0.15) is 5.69 Å². The lowest BCUT2D eigenvalue weighted by Crippen LogP contribution is -2.50. The number of amides is 1. The van der Waals surface area contributed by atoms with Crippen LogP contribution in [0.2, 0.25) is 0 Å². The molecule has 3 N–H and O–H groups in total. The van der Waals surface area contributed by atoms with Gasteiger partial charge in [0.15, 0.2) is 0 Å². The Bertz CT molecular complexity index is 543. The van der Waals surface area contributed by atoms with E-state index in [2.05, 4.69) is 20.4 Å². The number of nitrogens with zero attached hydrogens (tertiary/aromatic N) is 2. The van der Waals surface area contributed by atoms with Crippen LogP contribution in [0.15, 0.2) is 6.07 Å². The van der Waals surface area contributed by atoms with E-state index in [1.165, 1.54) is 6.42 Å². The summed E-state index contributed by atoms with van der Waals surface area (Å²) in [6.07, 6.45) is 8.13. The van der Waals surface area contributed by atoms with Gasteiger partial charge in [-0.3, -0.25) is 9.89 Å². The molecule has 0 radical (unpaired) electrons. The maximum Gasteiger partial charge on any atom is 0.271 e. The number of hydrogen-bond acceptors (Lipinski definition) is 4. The molecular formula is C18H30N4O2. The molecule has 0 spiro atoms. The fourth-order valence-electron chi connectivity index (χ4n) is 3.94. The maximum absolute atomic E-state index is 12.2. The first-order valence-electron chi connectivity index (χ1n) is 9.38. The number of carbonyl (C=O) groups is 1. The highest BCUT2D eigenvalue weighted by atomic mass is 16.3. The molecule has 0 unspecified atom stereocenters. The summed E-state index contributed by atoms with van der Waals surface area (Å²) in [5, 5.41) is 20.7. The molecule has 2 aliphatic rings. The molecule has 3 rings (SSSR count). The van der Waals surface area contributed by atoms with Crippen molar-refractivity contribution in [2.24, 2.45) is 0 Å². The molecule has 2 heterocycles. The van der Waals surface area contributed by atoms with E-state index < -0.39 is 5.60 Å². The third-order valence-corrected chi connectivity index (χ3v) is 5.47. The van der Waals surface area contributed by atoms with E-state index in [0.717, 1.165) is 70.3 Å². The molecule has 24 heavy (non-hydrogen) atoms. The molecule has 134 valence electrons. The van der Waals surface area contributed by atoms with Crippen LogP contribution in [0.1, 0.15) is 68.1 Å². The van der Waals surface area contributed by atoms with Gasteiger partial charge >= 0.3 is 0 Å². The van der Waals surface area contributed by atoms with Crippen LogP contribution in [0.25, 0.3) is 0 Å². The van der Waals surface area contributed by atoms with Crippen molar-refractivity contribution in [3.05, 3.63) is 17.5 Å². The van der Waals surface area contributed by atoms with E-state index in [9.17, 15) is 9.90 Å². The number of aromatic nitrogens is 2. The number of aryl methyl sites for hydroxylation is 1. The van der Waals surface area contributed by atoms with Crippen LogP contribution in [0.4, 0.5) is 0 Å². The van der Waals surface area contributed by atoms with Crippen LogP contribution in [-0.4, -0.2) is 57.4 Å². The van der Waals surface area contributed by atoms with Crippen LogP contribution >= 0.6 is 0 Å². The second-order valence-corrected chi connectivity index (χ2v) is 7.44. The molecule has 6 nitrogen and oxygen atoms in total. The standard InChI is InChI=1S/C18H30N4O2/c1-2-14-12-16(21-20-14)17(23)19-15-6-10-22(11-7-15)13-18(24)8-4-3-5-9-18/h12,15,24H,2-11,13H2,1H3,(H,19,23)(H,20,21). The van der Waals surface area contributed by atoms with Crippen LogP contribution in [0, 0.1) is 0 Å². The zero-order chi connectivity index (χ0) is 17.0. The molecule has 0 aromatic carbocycles. The first-order chi connectivity index (χ1) is 11.6. The highest BCUT2D eigenvalue weighted by Crippen LogP contribution is 2.29. The summed E-state index contributed by atoms with van der Waals surface area (Å²) in [4.78, 5) is 14.6. The summed E-state index contributed by atoms with van der Waals surface area (Å²) in [7, 11) is 0. The molecule has 1 aromatic heterocycles. The molecule has 1 aliphatic carbocycles. The highest BCUT2D eigenvalue weighted by molar-refractivity contribution is 5.92. The van der Waals surface area contributed by atoms with E-state index in [0.29, 0.717) is 5.69 Å². The molecule has 1 aromatic rings. The summed E-state index contributed by atoms with van der Waals surface area (Å²) in [5.41, 5.74) is 0.974. The lowest BCUT2D eigenvalue weighted by atomic mass is 9.84. The van der Waals surface area contributed by atoms with E-state index >= 15 is 0 Å². The lowest BCUT2D eigenvalue weighted by Gasteiger charge is -2.40. The average molecular weight is 334 g/mol. The van der Waals surface area contributed by atoms with Gasteiger partial charge in [-0.05, 0) is 38.2 Å². The molecule has 1 saturated carbocycles. The zero-order valence-corrected chi connectivity index (χ0v) is 14.7. The van der Waals surface area contributed by atoms with Gasteiger partial charge in [0, 0.05) is 31.4 Å². The summed E-state index contributed by atoms with van der Waals surface area (Å²) in [6.45, 7) is 4.69. The van der Waals surface area contributed by atoms with Crippen molar-refractivity contribution in [3.63, 3.8) is 0 Å². The largest absolute Gasteiger partial charge is 0.389 e. The Balaban J connectivity index is 1.44. The van der Waals surface area contributed by atoms with Crippen molar-refractivity contribution in [2.75, 3.05) is 19.6 Å². The summed E-state index contributed by atoms with van der Waals surface area (Å²) in [5.74, 6) is -0.0877. The number of β-amino-alcohol motifs (C(OH)–C–C–N with tert-alkyl or cyclic N) is 1. The van der Waals surface area contributed by atoms with E-state index in [1.807, 2.05) is 13.0 Å². The van der Waals surface area contributed by atoms with Gasteiger partial charge in [0.05, 0.1) is 5.60 Å². The number of likely N-dealkylation sites (tertiary alicyclic amines) is 1. The van der Waals surface area contributed by atoms with Crippen LogP contribution in [0.5, 0.6) is 0 Å². The minimum atomic E-state index is -0.486. The SMILES string of the molecule is CCc1cc(C(=O)NC2CCN(CC3(O)CCCCC3)CC2)n[nH]1. The van der Waals surface area contributed by atoms with Gasteiger partial charge < -0.3 is 15.3 Å². The number of H-pyrrole nitrogens is 1. The summed E-state index contributed by atoms with van der Waals surface area (Å²) >= 11 is 0. The average Bonchev–Trinajstić information content (AvgIpc) is 3.06. The molecule has 1 amide bonds. The second-order valence-electron chi connectivity index (χ2n) is 7.44. The van der Waals surface area contributed by atoms with Gasteiger partial charge in [-0.2, -0.15) is 5.10 Å². The third-order valence-electron chi connectivity index (χ3n) is 5.47. The van der Waals surface area contributed by atoms with Crippen molar-refractivity contribution in [3.8, 4) is 0 Å². The van der Waals surface area contributed by atoms with Crippen LogP contribution in [0.3, 0.4) is 0 Å². The van der Waals surface area contributed by atoms with Gasteiger partial charge in [0.25, 0.3) is 5.91 Å². The summed E-state index contributed by atoms with van der Waals surface area (Å²) < 4.78 is 0. The van der Waals surface area contributed by atoms with Crippen molar-refractivity contribution in [1.82, 2.24) is 20.4 Å². The molecule has 0 bridgehead atoms. The molecule has 1 aliphatic heterocycles.